The molecular formula is C15H28N2O2. The van der Waals surface area contributed by atoms with Crippen molar-refractivity contribution in [3.8, 4) is 0 Å². The van der Waals surface area contributed by atoms with Gasteiger partial charge in [0.2, 0.25) is 0 Å². The number of hydrogen-bond donors (Lipinski definition) is 3. The highest BCUT2D eigenvalue weighted by atomic mass is 16.3. The van der Waals surface area contributed by atoms with E-state index in [4.69, 9.17) is 0 Å². The van der Waals surface area contributed by atoms with Crippen LogP contribution in [0.5, 0.6) is 0 Å². The minimum atomic E-state index is -0.442. The van der Waals surface area contributed by atoms with Gasteiger partial charge in [-0.15, -0.1) is 0 Å². The summed E-state index contributed by atoms with van der Waals surface area (Å²) < 4.78 is 0. The van der Waals surface area contributed by atoms with Crippen molar-refractivity contribution in [2.45, 2.75) is 70.4 Å². The van der Waals surface area contributed by atoms with Gasteiger partial charge in [0.15, 0.2) is 0 Å². The first-order valence-corrected chi connectivity index (χ1v) is 7.77. The molecule has 3 N–H and O–H groups in total. The van der Waals surface area contributed by atoms with Gasteiger partial charge in [-0.2, -0.15) is 0 Å². The maximum absolute atomic E-state index is 12.1. The van der Waals surface area contributed by atoms with E-state index < -0.39 is 5.54 Å². The zero-order valence-electron chi connectivity index (χ0n) is 12.2. The highest BCUT2D eigenvalue weighted by Crippen LogP contribution is 2.39. The van der Waals surface area contributed by atoms with Crippen LogP contribution >= 0.6 is 0 Å². The Labute approximate surface area is 116 Å². The summed E-state index contributed by atoms with van der Waals surface area (Å²) in [5, 5.41) is 15.6. The van der Waals surface area contributed by atoms with E-state index in [1.54, 1.807) is 0 Å². The number of hydrogen-bond acceptors (Lipinski definition) is 2. The van der Waals surface area contributed by atoms with Gasteiger partial charge >= 0.3 is 6.03 Å². The number of nitrogens with one attached hydrogen (secondary N) is 2. The molecule has 3 atom stereocenters. The van der Waals surface area contributed by atoms with E-state index in [0.717, 1.165) is 31.6 Å². The number of amides is 2. The lowest BCUT2D eigenvalue weighted by Gasteiger charge is -2.32. The van der Waals surface area contributed by atoms with Crippen LogP contribution in [-0.2, 0) is 0 Å². The van der Waals surface area contributed by atoms with Gasteiger partial charge in [0.05, 0.1) is 12.1 Å². The van der Waals surface area contributed by atoms with Gasteiger partial charge in [0.1, 0.15) is 0 Å². The van der Waals surface area contributed by atoms with E-state index in [1.807, 2.05) is 6.92 Å². The van der Waals surface area contributed by atoms with Gasteiger partial charge < -0.3 is 15.7 Å². The smallest absolute Gasteiger partial charge is 0.315 e. The van der Waals surface area contributed by atoms with Crippen LogP contribution in [0.25, 0.3) is 0 Å². The molecule has 2 saturated carbocycles. The molecule has 110 valence electrons. The summed E-state index contributed by atoms with van der Waals surface area (Å²) in [7, 11) is 0. The standard InChI is InChI=1S/C15H28N2O2/c1-3-11-5-4-6-13(9-11)16-14(19)17-15(2,10-18)12-7-8-12/h11-13,18H,3-10H2,1-2H3,(H2,16,17,19). The third kappa shape index (κ3) is 3.85. The van der Waals surface area contributed by atoms with E-state index in [-0.39, 0.29) is 12.6 Å². The first-order chi connectivity index (χ1) is 9.07. The molecule has 2 amide bonds. The molecule has 0 aliphatic heterocycles. The Morgan fingerprint density at radius 3 is 2.63 bits per heavy atom. The van der Waals surface area contributed by atoms with Gasteiger partial charge in [0, 0.05) is 6.04 Å². The lowest BCUT2D eigenvalue weighted by atomic mass is 9.84. The molecule has 4 nitrogen and oxygen atoms in total. The summed E-state index contributed by atoms with van der Waals surface area (Å²) in [5.74, 6) is 1.20. The summed E-state index contributed by atoms with van der Waals surface area (Å²) in [5.41, 5.74) is -0.442. The highest BCUT2D eigenvalue weighted by molar-refractivity contribution is 5.75. The van der Waals surface area contributed by atoms with Crippen molar-refractivity contribution in [3.63, 3.8) is 0 Å². The van der Waals surface area contributed by atoms with Crippen LogP contribution in [0.15, 0.2) is 0 Å². The van der Waals surface area contributed by atoms with Crippen LogP contribution in [0.1, 0.15) is 58.8 Å². The Kier molecular flexibility index (Phi) is 4.71. The molecule has 3 unspecified atom stereocenters. The van der Waals surface area contributed by atoms with Crippen molar-refractivity contribution in [1.29, 1.82) is 0 Å². The fraction of sp³-hybridized carbons (Fsp3) is 0.933. The first kappa shape index (κ1) is 14.6. The first-order valence-electron chi connectivity index (χ1n) is 7.77. The Hall–Kier alpha value is -0.770. The molecule has 0 saturated heterocycles. The minimum absolute atomic E-state index is 0.0212. The molecule has 0 aromatic carbocycles. The Balaban J connectivity index is 1.80. The third-order valence-corrected chi connectivity index (χ3v) is 4.90. The average molecular weight is 268 g/mol. The van der Waals surface area contributed by atoms with E-state index in [9.17, 15) is 9.90 Å². The van der Waals surface area contributed by atoms with Crippen LogP contribution in [-0.4, -0.2) is 29.3 Å². The number of carbonyl (C=O) groups excluding carboxylic acids is 1. The maximum atomic E-state index is 12.1. The van der Waals surface area contributed by atoms with Gasteiger partial charge in [0.25, 0.3) is 0 Å². The Morgan fingerprint density at radius 2 is 2.05 bits per heavy atom. The second kappa shape index (κ2) is 6.12. The molecule has 0 aromatic heterocycles. The van der Waals surface area contributed by atoms with Crippen LogP contribution in [0, 0.1) is 11.8 Å². The quantitative estimate of drug-likeness (QED) is 0.717. The van der Waals surface area contributed by atoms with Crippen LogP contribution in [0.2, 0.25) is 0 Å². The Bertz CT molecular complexity index is 317. The number of rotatable bonds is 5. The van der Waals surface area contributed by atoms with Crippen LogP contribution in [0.4, 0.5) is 4.79 Å². The number of urea groups is 1. The van der Waals surface area contributed by atoms with E-state index >= 15 is 0 Å². The number of carbonyl (C=O) groups is 1. The molecule has 0 radical (unpaired) electrons. The summed E-state index contributed by atoms with van der Waals surface area (Å²) >= 11 is 0. The predicted molar refractivity (Wildman–Crippen MR) is 75.9 cm³/mol. The number of aliphatic hydroxyl groups is 1. The lowest BCUT2D eigenvalue weighted by molar-refractivity contribution is 0.152. The predicted octanol–water partition coefficient (Wildman–Crippen LogP) is 2.42. The molecular weight excluding hydrogens is 240 g/mol. The fourth-order valence-electron chi connectivity index (χ4n) is 3.26. The largest absolute Gasteiger partial charge is 0.394 e. The summed E-state index contributed by atoms with van der Waals surface area (Å²) in [6.45, 7) is 4.19. The zero-order valence-corrected chi connectivity index (χ0v) is 12.2. The van der Waals surface area contributed by atoms with Crippen molar-refractivity contribution in [2.24, 2.45) is 11.8 Å². The summed E-state index contributed by atoms with van der Waals surface area (Å²) in [6.07, 6.45) is 8.12. The maximum Gasteiger partial charge on any atom is 0.315 e. The molecule has 0 heterocycles. The van der Waals surface area contributed by atoms with Gasteiger partial charge in [-0.1, -0.05) is 26.2 Å². The van der Waals surface area contributed by atoms with E-state index in [0.29, 0.717) is 12.0 Å². The van der Waals surface area contributed by atoms with Crippen molar-refractivity contribution >= 4 is 6.03 Å². The second-order valence-electron chi connectivity index (χ2n) is 6.59. The van der Waals surface area contributed by atoms with E-state index in [1.165, 1.54) is 19.3 Å². The van der Waals surface area contributed by atoms with Gasteiger partial charge in [-0.25, -0.2) is 4.79 Å². The van der Waals surface area contributed by atoms with Crippen LogP contribution in [0.3, 0.4) is 0 Å². The minimum Gasteiger partial charge on any atom is -0.394 e. The summed E-state index contributed by atoms with van der Waals surface area (Å²) in [6, 6.07) is 0.200. The topological polar surface area (TPSA) is 61.4 Å². The monoisotopic (exact) mass is 268 g/mol. The fourth-order valence-corrected chi connectivity index (χ4v) is 3.26. The van der Waals surface area contributed by atoms with Crippen LogP contribution < -0.4 is 10.6 Å². The van der Waals surface area contributed by atoms with Gasteiger partial charge in [-0.05, 0) is 44.4 Å². The molecule has 2 aliphatic carbocycles. The van der Waals surface area contributed by atoms with Crippen molar-refractivity contribution < 1.29 is 9.90 Å². The number of aliphatic hydroxyl groups excluding tert-OH is 1. The zero-order chi connectivity index (χ0) is 13.9. The SMILES string of the molecule is CCC1CCCC(NC(=O)NC(C)(CO)C2CC2)C1. The molecule has 2 rings (SSSR count). The normalized spacial score (nSPS) is 30.5. The van der Waals surface area contributed by atoms with E-state index in [2.05, 4.69) is 17.6 Å². The molecule has 0 bridgehead atoms. The Morgan fingerprint density at radius 1 is 1.32 bits per heavy atom. The highest BCUT2D eigenvalue weighted by Gasteiger charge is 2.42. The van der Waals surface area contributed by atoms with Crippen molar-refractivity contribution in [2.75, 3.05) is 6.61 Å². The third-order valence-electron chi connectivity index (χ3n) is 4.90. The molecule has 4 heteroatoms. The molecule has 0 aromatic rings. The average Bonchev–Trinajstić information content (AvgIpc) is 3.23. The summed E-state index contributed by atoms with van der Waals surface area (Å²) in [4.78, 5) is 12.1. The van der Waals surface area contributed by atoms with Gasteiger partial charge in [-0.3, -0.25) is 0 Å². The van der Waals surface area contributed by atoms with Crippen molar-refractivity contribution in [1.82, 2.24) is 10.6 Å². The molecule has 19 heavy (non-hydrogen) atoms. The van der Waals surface area contributed by atoms with Crippen molar-refractivity contribution in [3.05, 3.63) is 0 Å². The molecule has 2 aliphatic rings. The lowest BCUT2D eigenvalue weighted by Crippen LogP contribution is -2.56. The molecule has 2 fully saturated rings. The second-order valence-corrected chi connectivity index (χ2v) is 6.59. The molecule has 0 spiro atoms.